The number of aryl methyl sites for hydroxylation is 2. The molecule has 0 spiro atoms. The van der Waals surface area contributed by atoms with Crippen LogP contribution >= 0.6 is 0 Å². The van der Waals surface area contributed by atoms with Gasteiger partial charge in [0.2, 0.25) is 10.0 Å². The summed E-state index contributed by atoms with van der Waals surface area (Å²) in [4.78, 5) is 0.163. The van der Waals surface area contributed by atoms with E-state index in [1.54, 1.807) is 19.9 Å². The molecule has 0 saturated heterocycles. The van der Waals surface area contributed by atoms with Crippen molar-refractivity contribution in [3.05, 3.63) is 35.2 Å². The van der Waals surface area contributed by atoms with E-state index in [1.165, 1.54) is 23.5 Å². The maximum absolute atomic E-state index is 12.7. The van der Waals surface area contributed by atoms with Crippen LogP contribution in [0, 0.1) is 13.8 Å². The fourth-order valence-electron chi connectivity index (χ4n) is 2.40. The standard InChI is InChI=1S/C15H18N2O5S/c1-10-13(11(2)22-16-10)9-17(3)23(18,19)12-4-5-14-15(8-12)21-7-6-20-14/h4-5,8H,6-7,9H2,1-3H3. The normalized spacial score (nSPS) is 14.3. The Hall–Kier alpha value is -2.06. The highest BCUT2D eigenvalue weighted by molar-refractivity contribution is 7.89. The van der Waals surface area contributed by atoms with Gasteiger partial charge in [-0.1, -0.05) is 5.16 Å². The molecule has 0 bridgehead atoms. The Morgan fingerprint density at radius 3 is 2.52 bits per heavy atom. The van der Waals surface area contributed by atoms with Crippen molar-refractivity contribution >= 4 is 10.0 Å². The van der Waals surface area contributed by atoms with Crippen LogP contribution in [0.25, 0.3) is 0 Å². The Kier molecular flexibility index (Phi) is 4.03. The lowest BCUT2D eigenvalue weighted by Crippen LogP contribution is -2.27. The zero-order chi connectivity index (χ0) is 16.6. The molecule has 0 fully saturated rings. The first kappa shape index (κ1) is 15.8. The molecule has 0 saturated carbocycles. The molecule has 0 amide bonds. The van der Waals surface area contributed by atoms with E-state index in [0.29, 0.717) is 36.2 Å². The van der Waals surface area contributed by atoms with Crippen LogP contribution in [0.2, 0.25) is 0 Å². The number of rotatable bonds is 4. The largest absolute Gasteiger partial charge is 0.486 e. The molecule has 2 aromatic rings. The highest BCUT2D eigenvalue weighted by Gasteiger charge is 2.25. The van der Waals surface area contributed by atoms with Crippen molar-refractivity contribution in [2.24, 2.45) is 0 Å². The lowest BCUT2D eigenvalue weighted by atomic mass is 10.2. The first-order valence-corrected chi connectivity index (χ1v) is 8.61. The second kappa shape index (κ2) is 5.86. The molecule has 3 rings (SSSR count). The predicted octanol–water partition coefficient (Wildman–Crippen LogP) is 1.88. The van der Waals surface area contributed by atoms with Gasteiger partial charge in [0.15, 0.2) is 11.5 Å². The van der Waals surface area contributed by atoms with E-state index in [1.807, 2.05) is 0 Å². The van der Waals surface area contributed by atoms with Gasteiger partial charge in [0.1, 0.15) is 19.0 Å². The molecular weight excluding hydrogens is 320 g/mol. The molecular formula is C15H18N2O5S. The minimum absolute atomic E-state index is 0.163. The molecule has 1 aliphatic rings. The quantitative estimate of drug-likeness (QED) is 0.847. The van der Waals surface area contributed by atoms with Gasteiger partial charge in [-0.2, -0.15) is 4.31 Å². The number of fused-ring (bicyclic) bond motifs is 1. The molecule has 0 radical (unpaired) electrons. The number of benzene rings is 1. The van der Waals surface area contributed by atoms with Gasteiger partial charge in [0.05, 0.1) is 10.6 Å². The summed E-state index contributed by atoms with van der Waals surface area (Å²) >= 11 is 0. The third kappa shape index (κ3) is 2.91. The second-order valence-electron chi connectivity index (χ2n) is 5.37. The van der Waals surface area contributed by atoms with Gasteiger partial charge in [-0.25, -0.2) is 8.42 Å². The number of hydrogen-bond donors (Lipinski definition) is 0. The minimum Gasteiger partial charge on any atom is -0.486 e. The van der Waals surface area contributed by atoms with Crippen LogP contribution in [-0.4, -0.2) is 38.1 Å². The summed E-state index contributed by atoms with van der Waals surface area (Å²) in [7, 11) is -2.13. The van der Waals surface area contributed by atoms with Crippen LogP contribution in [0.5, 0.6) is 11.5 Å². The van der Waals surface area contributed by atoms with Crippen LogP contribution in [0.4, 0.5) is 0 Å². The molecule has 1 aliphatic heterocycles. The second-order valence-corrected chi connectivity index (χ2v) is 7.41. The molecule has 8 heteroatoms. The zero-order valence-electron chi connectivity index (χ0n) is 13.2. The molecule has 0 N–H and O–H groups in total. The molecule has 1 aromatic carbocycles. The Bertz CT molecular complexity index is 809. The third-order valence-electron chi connectivity index (χ3n) is 3.78. The number of hydrogen-bond acceptors (Lipinski definition) is 6. The predicted molar refractivity (Wildman–Crippen MR) is 82.1 cm³/mol. The number of sulfonamides is 1. The van der Waals surface area contributed by atoms with Crippen molar-refractivity contribution in [3.63, 3.8) is 0 Å². The van der Waals surface area contributed by atoms with Gasteiger partial charge in [-0.15, -0.1) is 0 Å². The van der Waals surface area contributed by atoms with Crippen LogP contribution in [-0.2, 0) is 16.6 Å². The molecule has 1 aromatic heterocycles. The molecule has 0 unspecified atom stereocenters. The van der Waals surface area contributed by atoms with Gasteiger partial charge in [0, 0.05) is 25.2 Å². The Morgan fingerprint density at radius 2 is 1.87 bits per heavy atom. The summed E-state index contributed by atoms with van der Waals surface area (Å²) in [6, 6.07) is 4.63. The number of ether oxygens (including phenoxy) is 2. The summed E-state index contributed by atoms with van der Waals surface area (Å²) < 4.78 is 42.7. The van der Waals surface area contributed by atoms with Crippen molar-refractivity contribution in [1.82, 2.24) is 9.46 Å². The lowest BCUT2D eigenvalue weighted by Gasteiger charge is -2.21. The molecule has 124 valence electrons. The van der Waals surface area contributed by atoms with E-state index in [9.17, 15) is 8.42 Å². The SMILES string of the molecule is Cc1noc(C)c1CN(C)S(=O)(=O)c1ccc2c(c1)OCCO2. The van der Waals surface area contributed by atoms with Crippen molar-refractivity contribution in [2.45, 2.75) is 25.3 Å². The summed E-state index contributed by atoms with van der Waals surface area (Å²) in [5.74, 6) is 1.62. The first-order valence-electron chi connectivity index (χ1n) is 7.17. The Morgan fingerprint density at radius 1 is 1.17 bits per heavy atom. The molecule has 0 aliphatic carbocycles. The van der Waals surface area contributed by atoms with E-state index in [2.05, 4.69) is 5.16 Å². The summed E-state index contributed by atoms with van der Waals surface area (Å²) in [5.41, 5.74) is 1.46. The Labute approximate surface area is 134 Å². The lowest BCUT2D eigenvalue weighted by molar-refractivity contribution is 0.171. The first-order chi connectivity index (χ1) is 10.9. The average molecular weight is 338 g/mol. The van der Waals surface area contributed by atoms with Crippen molar-refractivity contribution in [2.75, 3.05) is 20.3 Å². The third-order valence-corrected chi connectivity index (χ3v) is 5.58. The van der Waals surface area contributed by atoms with E-state index in [0.717, 1.165) is 5.56 Å². The summed E-state index contributed by atoms with van der Waals surface area (Å²) in [6.07, 6.45) is 0. The van der Waals surface area contributed by atoms with E-state index in [-0.39, 0.29) is 11.4 Å². The van der Waals surface area contributed by atoms with Gasteiger partial charge in [0.25, 0.3) is 0 Å². The van der Waals surface area contributed by atoms with Crippen molar-refractivity contribution in [1.29, 1.82) is 0 Å². The number of nitrogens with zero attached hydrogens (tertiary/aromatic N) is 2. The van der Waals surface area contributed by atoms with E-state index in [4.69, 9.17) is 14.0 Å². The van der Waals surface area contributed by atoms with E-state index < -0.39 is 10.0 Å². The fourth-order valence-corrected chi connectivity index (χ4v) is 3.55. The van der Waals surface area contributed by atoms with Crippen LogP contribution < -0.4 is 9.47 Å². The van der Waals surface area contributed by atoms with Crippen LogP contribution in [0.3, 0.4) is 0 Å². The molecule has 7 nitrogen and oxygen atoms in total. The number of aromatic nitrogens is 1. The highest BCUT2D eigenvalue weighted by atomic mass is 32.2. The maximum Gasteiger partial charge on any atom is 0.243 e. The van der Waals surface area contributed by atoms with E-state index >= 15 is 0 Å². The monoisotopic (exact) mass is 338 g/mol. The maximum atomic E-state index is 12.7. The van der Waals surface area contributed by atoms with Crippen LogP contribution in [0.15, 0.2) is 27.6 Å². The van der Waals surface area contributed by atoms with Gasteiger partial charge in [-0.05, 0) is 26.0 Å². The Balaban J connectivity index is 1.89. The smallest absolute Gasteiger partial charge is 0.243 e. The summed E-state index contributed by atoms with van der Waals surface area (Å²) in [5, 5.41) is 3.85. The topological polar surface area (TPSA) is 81.9 Å². The molecule has 23 heavy (non-hydrogen) atoms. The molecule has 0 atom stereocenters. The zero-order valence-corrected chi connectivity index (χ0v) is 14.0. The van der Waals surface area contributed by atoms with Crippen LogP contribution in [0.1, 0.15) is 17.0 Å². The summed E-state index contributed by atoms with van der Waals surface area (Å²) in [6.45, 7) is 4.62. The van der Waals surface area contributed by atoms with Gasteiger partial charge in [-0.3, -0.25) is 0 Å². The molecule has 2 heterocycles. The van der Waals surface area contributed by atoms with Crippen molar-refractivity contribution < 1.29 is 22.4 Å². The van der Waals surface area contributed by atoms with Gasteiger partial charge < -0.3 is 14.0 Å². The average Bonchev–Trinajstić information content (AvgIpc) is 2.86. The van der Waals surface area contributed by atoms with Crippen molar-refractivity contribution in [3.8, 4) is 11.5 Å². The van der Waals surface area contributed by atoms with Gasteiger partial charge >= 0.3 is 0 Å². The fraction of sp³-hybridized carbons (Fsp3) is 0.400. The highest BCUT2D eigenvalue weighted by Crippen LogP contribution is 2.33. The minimum atomic E-state index is -3.65.